The Morgan fingerprint density at radius 1 is 0.255 bits per heavy atom. The van der Waals surface area contributed by atoms with Gasteiger partial charge in [-0.15, -0.1) is 0 Å². The summed E-state index contributed by atoms with van der Waals surface area (Å²) >= 11 is 0. The molecule has 0 amide bonds. The molecule has 5 aliphatic heterocycles. The molecule has 5 heterocycles. The largest absolute Gasteiger partial charge is 0.463 e. The Kier molecular flexibility index (Phi) is 28.8. The van der Waals surface area contributed by atoms with Crippen molar-refractivity contribution in [3.63, 3.8) is 0 Å². The van der Waals surface area contributed by atoms with Crippen LogP contribution in [0.3, 0.4) is 0 Å². The van der Waals surface area contributed by atoms with Crippen molar-refractivity contribution in [1.82, 2.24) is 0 Å². The second-order valence-electron chi connectivity index (χ2n) is 22.5. The van der Waals surface area contributed by atoms with Crippen molar-refractivity contribution >= 4 is 77.6 Å². The highest BCUT2D eigenvalue weighted by molar-refractivity contribution is 5.70. The molecule has 0 aromatic heterocycles. The first-order valence-electron chi connectivity index (χ1n) is 29.6. The maximum absolute atomic E-state index is 13.5. The SMILES string of the molecule is CC(=O)OCC1OC(OC2C(COC(C)=O)OC(C3OC(COC(C)=O)C(OC4OC(COC(C)=O)C(OC5OC(COC(C)=O)C(OC(C)=O)C(C)C5OC(C)=O)C(OC(C)=O)C4OC(C)=O)C(OC(C)=O)C3OC(C)=O)C(C)C2OC(C)=O)C(OC(C)=O)C(O)C1O. The summed E-state index contributed by atoms with van der Waals surface area (Å²) in [6.45, 7) is 12.1. The minimum absolute atomic E-state index is 0.574. The Morgan fingerprint density at radius 3 is 0.926 bits per heavy atom. The van der Waals surface area contributed by atoms with Gasteiger partial charge in [0.1, 0.15) is 112 Å². The van der Waals surface area contributed by atoms with Crippen LogP contribution < -0.4 is 0 Å². The molecule has 530 valence electrons. The van der Waals surface area contributed by atoms with E-state index < -0.39 is 263 Å². The zero-order valence-corrected chi connectivity index (χ0v) is 54.2. The van der Waals surface area contributed by atoms with E-state index in [1.54, 1.807) is 0 Å². The third-order valence-corrected chi connectivity index (χ3v) is 14.8. The molecular weight excluding hydrogens is 1270 g/mol. The number of rotatable bonds is 25. The van der Waals surface area contributed by atoms with Gasteiger partial charge in [0.05, 0.1) is 6.10 Å². The van der Waals surface area contributed by atoms with Crippen molar-refractivity contribution in [3.8, 4) is 0 Å². The number of aliphatic hydroxyl groups excluding tert-OH is 2. The van der Waals surface area contributed by atoms with Crippen molar-refractivity contribution in [3.05, 3.63) is 0 Å². The quantitative estimate of drug-likeness (QED) is 0.0746. The molecular formula is C58H82O36. The molecule has 36 nitrogen and oxygen atoms in total. The molecule has 0 saturated carbocycles. The van der Waals surface area contributed by atoms with Crippen molar-refractivity contribution < 1.29 is 172 Å². The fraction of sp³-hybridized carbons (Fsp3) is 0.776. The van der Waals surface area contributed by atoms with Crippen molar-refractivity contribution in [2.45, 2.75) is 245 Å². The number of aliphatic hydroxyl groups is 2. The number of esters is 13. The van der Waals surface area contributed by atoms with E-state index in [1.807, 2.05) is 0 Å². The lowest BCUT2D eigenvalue weighted by Gasteiger charge is -2.53. The lowest BCUT2D eigenvalue weighted by Crippen LogP contribution is -2.71. The van der Waals surface area contributed by atoms with Crippen LogP contribution in [0.25, 0.3) is 0 Å². The van der Waals surface area contributed by atoms with Crippen LogP contribution in [0.2, 0.25) is 0 Å². The van der Waals surface area contributed by atoms with Gasteiger partial charge in [-0.2, -0.15) is 0 Å². The minimum Gasteiger partial charge on any atom is -0.463 e. The third kappa shape index (κ3) is 21.6. The maximum Gasteiger partial charge on any atom is 0.303 e. The third-order valence-electron chi connectivity index (χ3n) is 14.8. The van der Waals surface area contributed by atoms with Crippen LogP contribution in [-0.4, -0.2) is 262 Å². The van der Waals surface area contributed by atoms with Gasteiger partial charge in [0.25, 0.3) is 0 Å². The summed E-state index contributed by atoms with van der Waals surface area (Å²) in [5, 5.41) is 22.4. The molecule has 0 bridgehead atoms. The molecule has 5 aliphatic rings. The summed E-state index contributed by atoms with van der Waals surface area (Å²) in [6.07, 6.45) is -41.3. The van der Waals surface area contributed by atoms with Crippen LogP contribution in [0.1, 0.15) is 104 Å². The van der Waals surface area contributed by atoms with Crippen LogP contribution in [0.5, 0.6) is 0 Å². The van der Waals surface area contributed by atoms with Gasteiger partial charge in [0.15, 0.2) is 55.5 Å². The molecule has 5 saturated heterocycles. The first kappa shape index (κ1) is 77.4. The standard InChI is InChI=1S/C58H82O36/c1-21-43(79-28(8)64)37(17-75-24(4)60)90-56(46(21)81-30(10)66)93-49-40(20-78-27(7)63)91-58(55(86-35(15)71)53(49)84-33(13)69)94-48-39(19-77-26(6)62)88-51(54(85-34(14)70)52(48)83-32(12)68)45-22(2)44(80-29(9)65)47(38(87-45)18-76-25(5)61)92-57-50(82-31(11)67)42(73)41(72)36(89-57)16-74-23(3)59/h21-22,36-58,72-73H,16-20H2,1-15H3. The highest BCUT2D eigenvalue weighted by atomic mass is 16.8. The molecule has 5 rings (SSSR count). The normalized spacial score (nSPS) is 35.4. The zero-order chi connectivity index (χ0) is 70.3. The molecule has 0 aromatic rings. The number of ether oxygens (including phenoxy) is 21. The Bertz CT molecular complexity index is 2710. The van der Waals surface area contributed by atoms with Crippen molar-refractivity contribution in [2.24, 2.45) is 11.8 Å². The number of carbonyl (C=O) groups is 13. The summed E-state index contributed by atoms with van der Waals surface area (Å²) in [4.78, 5) is 167. The van der Waals surface area contributed by atoms with Gasteiger partial charge in [-0.3, -0.25) is 62.3 Å². The Labute approximate surface area is 538 Å². The first-order chi connectivity index (χ1) is 44.0. The molecule has 94 heavy (non-hydrogen) atoms. The summed E-state index contributed by atoms with van der Waals surface area (Å²) in [7, 11) is 0. The average Bonchev–Trinajstić information content (AvgIpc) is 0.755. The molecule has 25 unspecified atom stereocenters. The van der Waals surface area contributed by atoms with Crippen LogP contribution in [-0.2, 0) is 162 Å². The monoisotopic (exact) mass is 1350 g/mol. The molecule has 0 radical (unpaired) electrons. The number of hydrogen-bond donors (Lipinski definition) is 2. The van der Waals surface area contributed by atoms with Gasteiger partial charge in [0.2, 0.25) is 0 Å². The van der Waals surface area contributed by atoms with Crippen LogP contribution in [0.4, 0.5) is 0 Å². The lowest BCUT2D eigenvalue weighted by molar-refractivity contribution is -0.376. The maximum atomic E-state index is 13.5. The van der Waals surface area contributed by atoms with E-state index in [0.29, 0.717) is 0 Å². The van der Waals surface area contributed by atoms with E-state index in [1.165, 1.54) is 13.8 Å². The molecule has 0 aromatic carbocycles. The second kappa shape index (κ2) is 34.9. The average molecular weight is 1360 g/mol. The molecule has 36 heteroatoms. The van der Waals surface area contributed by atoms with Gasteiger partial charge in [-0.05, 0) is 0 Å². The smallest absolute Gasteiger partial charge is 0.303 e. The topological polar surface area (TPSA) is 456 Å². The predicted molar refractivity (Wildman–Crippen MR) is 296 cm³/mol. The van der Waals surface area contributed by atoms with Gasteiger partial charge < -0.3 is 110 Å². The van der Waals surface area contributed by atoms with E-state index in [2.05, 4.69) is 0 Å². The van der Waals surface area contributed by atoms with E-state index in [-0.39, 0.29) is 0 Å². The molecule has 0 spiro atoms. The first-order valence-corrected chi connectivity index (χ1v) is 29.6. The van der Waals surface area contributed by atoms with Crippen molar-refractivity contribution in [1.29, 1.82) is 0 Å². The molecule has 0 aliphatic carbocycles. The Balaban J connectivity index is 1.68. The van der Waals surface area contributed by atoms with E-state index >= 15 is 0 Å². The van der Waals surface area contributed by atoms with Crippen LogP contribution in [0, 0.1) is 11.8 Å². The molecule has 2 N–H and O–H groups in total. The van der Waals surface area contributed by atoms with Crippen molar-refractivity contribution in [2.75, 3.05) is 33.0 Å². The highest BCUT2D eigenvalue weighted by Gasteiger charge is 2.63. The number of carbonyl (C=O) groups excluding carboxylic acids is 13. The van der Waals surface area contributed by atoms with Gasteiger partial charge in [-0.25, -0.2) is 0 Å². The number of hydrogen-bond acceptors (Lipinski definition) is 36. The lowest BCUT2D eigenvalue weighted by atomic mass is 9.80. The van der Waals surface area contributed by atoms with Crippen LogP contribution in [0.15, 0.2) is 0 Å². The van der Waals surface area contributed by atoms with Gasteiger partial charge in [0, 0.05) is 102 Å². The second-order valence-corrected chi connectivity index (χ2v) is 22.5. The Hall–Kier alpha value is -7.29. The van der Waals surface area contributed by atoms with Crippen LogP contribution >= 0.6 is 0 Å². The fourth-order valence-corrected chi connectivity index (χ4v) is 11.2. The minimum atomic E-state index is -2.16. The van der Waals surface area contributed by atoms with E-state index in [4.69, 9.17) is 99.5 Å². The molecule has 5 fully saturated rings. The molecule has 25 atom stereocenters. The predicted octanol–water partition coefficient (Wildman–Crippen LogP) is -1.89. The zero-order valence-electron chi connectivity index (χ0n) is 54.2. The highest BCUT2D eigenvalue weighted by Crippen LogP contribution is 2.43. The Morgan fingerprint density at radius 2 is 0.521 bits per heavy atom. The van der Waals surface area contributed by atoms with Gasteiger partial charge in [-0.1, -0.05) is 13.8 Å². The summed E-state index contributed by atoms with van der Waals surface area (Å²) in [6, 6.07) is 0. The van der Waals surface area contributed by atoms with E-state index in [9.17, 15) is 72.5 Å². The van der Waals surface area contributed by atoms with E-state index in [0.717, 1.165) is 90.0 Å². The van der Waals surface area contributed by atoms with Gasteiger partial charge >= 0.3 is 77.6 Å². The summed E-state index contributed by atoms with van der Waals surface area (Å²) < 4.78 is 124. The summed E-state index contributed by atoms with van der Waals surface area (Å²) in [5.41, 5.74) is 0. The fourth-order valence-electron chi connectivity index (χ4n) is 11.2. The summed E-state index contributed by atoms with van der Waals surface area (Å²) in [5.74, 6) is -14.9.